The van der Waals surface area contributed by atoms with Crippen LogP contribution in [0.4, 0.5) is 0 Å². The molecule has 0 saturated heterocycles. The van der Waals surface area contributed by atoms with Crippen molar-refractivity contribution in [3.05, 3.63) is 64.7 Å². The predicted octanol–water partition coefficient (Wildman–Crippen LogP) is 2.55. The van der Waals surface area contributed by atoms with E-state index >= 15 is 0 Å². The van der Waals surface area contributed by atoms with Gasteiger partial charge in [-0.05, 0) is 49.6 Å². The van der Waals surface area contributed by atoms with Gasteiger partial charge in [0.15, 0.2) is 6.61 Å². The van der Waals surface area contributed by atoms with Crippen LogP contribution in [0.15, 0.2) is 42.5 Å². The van der Waals surface area contributed by atoms with Gasteiger partial charge in [0.05, 0.1) is 6.54 Å². The Balaban J connectivity index is 1.98. The SMILES string of the molecule is CCN(Cc1ccccc1)C(=O)CNC(=O)c1cc(C)c(OCC(=O)O)c(C)c1. The summed E-state index contributed by atoms with van der Waals surface area (Å²) in [5, 5.41) is 11.4. The van der Waals surface area contributed by atoms with Crippen molar-refractivity contribution in [2.45, 2.75) is 27.3 Å². The molecule has 0 aliphatic heterocycles. The van der Waals surface area contributed by atoms with E-state index in [0.29, 0.717) is 35.5 Å². The first-order chi connectivity index (χ1) is 13.8. The van der Waals surface area contributed by atoms with E-state index < -0.39 is 12.6 Å². The highest BCUT2D eigenvalue weighted by Gasteiger charge is 2.16. The van der Waals surface area contributed by atoms with Crippen LogP contribution in [0, 0.1) is 13.8 Å². The van der Waals surface area contributed by atoms with Crippen molar-refractivity contribution < 1.29 is 24.2 Å². The second-order valence-electron chi connectivity index (χ2n) is 6.70. The number of ether oxygens (including phenoxy) is 1. The van der Waals surface area contributed by atoms with Gasteiger partial charge in [-0.15, -0.1) is 0 Å². The number of nitrogens with one attached hydrogen (secondary N) is 1. The molecule has 7 nitrogen and oxygen atoms in total. The number of rotatable bonds is 9. The molecule has 0 fully saturated rings. The Labute approximate surface area is 170 Å². The lowest BCUT2D eigenvalue weighted by molar-refractivity contribution is -0.139. The molecule has 0 unspecified atom stereocenters. The number of aliphatic carboxylic acids is 1. The van der Waals surface area contributed by atoms with Crippen LogP contribution in [0.3, 0.4) is 0 Å². The minimum Gasteiger partial charge on any atom is -0.481 e. The summed E-state index contributed by atoms with van der Waals surface area (Å²) in [7, 11) is 0. The number of carbonyl (C=O) groups is 3. The molecule has 2 N–H and O–H groups in total. The minimum absolute atomic E-state index is 0.102. The van der Waals surface area contributed by atoms with Crippen molar-refractivity contribution in [3.8, 4) is 5.75 Å². The second-order valence-corrected chi connectivity index (χ2v) is 6.70. The van der Waals surface area contributed by atoms with E-state index in [2.05, 4.69) is 5.32 Å². The fourth-order valence-corrected chi connectivity index (χ4v) is 2.99. The molecule has 0 aliphatic carbocycles. The summed E-state index contributed by atoms with van der Waals surface area (Å²) in [4.78, 5) is 37.3. The Bertz CT molecular complexity index is 857. The molecule has 29 heavy (non-hydrogen) atoms. The number of carboxylic acids is 1. The standard InChI is InChI=1S/C22H26N2O5/c1-4-24(13-17-8-6-5-7-9-17)19(25)12-23-22(28)18-10-15(2)21(16(3)11-18)29-14-20(26)27/h5-11H,4,12-14H2,1-3H3,(H,23,28)(H,26,27). The van der Waals surface area contributed by atoms with Crippen LogP contribution in [0.1, 0.15) is 34.0 Å². The Morgan fingerprint density at radius 2 is 1.69 bits per heavy atom. The van der Waals surface area contributed by atoms with Gasteiger partial charge in [0.1, 0.15) is 5.75 Å². The van der Waals surface area contributed by atoms with E-state index in [-0.39, 0.29) is 18.4 Å². The van der Waals surface area contributed by atoms with Gasteiger partial charge in [0, 0.05) is 18.7 Å². The highest BCUT2D eigenvalue weighted by Crippen LogP contribution is 2.24. The third-order valence-electron chi connectivity index (χ3n) is 4.41. The Kier molecular flexibility index (Phi) is 7.77. The van der Waals surface area contributed by atoms with Crippen LogP contribution < -0.4 is 10.1 Å². The third kappa shape index (κ3) is 6.34. The number of aryl methyl sites for hydroxylation is 2. The lowest BCUT2D eigenvalue weighted by atomic mass is 10.1. The van der Waals surface area contributed by atoms with Crippen molar-refractivity contribution >= 4 is 17.8 Å². The summed E-state index contributed by atoms with van der Waals surface area (Å²) in [6.45, 7) is 5.85. The van der Waals surface area contributed by atoms with Gasteiger partial charge in [-0.25, -0.2) is 4.79 Å². The molecule has 0 radical (unpaired) electrons. The van der Waals surface area contributed by atoms with Crippen LogP contribution in [0.25, 0.3) is 0 Å². The average Bonchev–Trinajstić information content (AvgIpc) is 2.69. The van der Waals surface area contributed by atoms with Crippen molar-refractivity contribution in [2.75, 3.05) is 19.7 Å². The molecule has 154 valence electrons. The Morgan fingerprint density at radius 3 is 2.24 bits per heavy atom. The monoisotopic (exact) mass is 398 g/mol. The molecule has 2 aromatic carbocycles. The van der Waals surface area contributed by atoms with Gasteiger partial charge in [0.2, 0.25) is 5.91 Å². The molecule has 0 atom stereocenters. The smallest absolute Gasteiger partial charge is 0.341 e. The molecule has 0 spiro atoms. The molecule has 0 aliphatic rings. The molecule has 2 amide bonds. The maximum atomic E-state index is 12.5. The van der Waals surface area contributed by atoms with Gasteiger partial charge in [-0.3, -0.25) is 9.59 Å². The molecule has 0 bridgehead atoms. The largest absolute Gasteiger partial charge is 0.481 e. The third-order valence-corrected chi connectivity index (χ3v) is 4.41. The van der Waals surface area contributed by atoms with Gasteiger partial charge < -0.3 is 20.1 Å². The summed E-state index contributed by atoms with van der Waals surface area (Å²) in [5.41, 5.74) is 2.72. The highest BCUT2D eigenvalue weighted by atomic mass is 16.5. The Morgan fingerprint density at radius 1 is 1.07 bits per heavy atom. The van der Waals surface area contributed by atoms with E-state index in [9.17, 15) is 14.4 Å². The molecule has 2 rings (SSSR count). The summed E-state index contributed by atoms with van der Waals surface area (Å²) < 4.78 is 5.27. The molecule has 2 aromatic rings. The highest BCUT2D eigenvalue weighted by molar-refractivity contribution is 5.97. The minimum atomic E-state index is -1.07. The number of benzene rings is 2. The van der Waals surface area contributed by atoms with Crippen LogP contribution in [0.5, 0.6) is 5.75 Å². The lowest BCUT2D eigenvalue weighted by Crippen LogP contribution is -2.39. The number of hydrogen-bond donors (Lipinski definition) is 2. The van der Waals surface area contributed by atoms with Gasteiger partial charge in [-0.2, -0.15) is 0 Å². The zero-order valence-corrected chi connectivity index (χ0v) is 16.9. The molecular weight excluding hydrogens is 372 g/mol. The maximum absolute atomic E-state index is 12.5. The molecule has 0 heterocycles. The van der Waals surface area contributed by atoms with Crippen LogP contribution >= 0.6 is 0 Å². The first-order valence-electron chi connectivity index (χ1n) is 9.37. The first-order valence-corrected chi connectivity index (χ1v) is 9.37. The summed E-state index contributed by atoms with van der Waals surface area (Å²) in [6, 6.07) is 12.9. The van der Waals surface area contributed by atoms with E-state index in [0.717, 1.165) is 5.56 Å². The van der Waals surface area contributed by atoms with Gasteiger partial charge >= 0.3 is 5.97 Å². The number of hydrogen-bond acceptors (Lipinski definition) is 4. The normalized spacial score (nSPS) is 10.3. The summed E-state index contributed by atoms with van der Waals surface area (Å²) in [5.74, 6) is -1.16. The zero-order valence-electron chi connectivity index (χ0n) is 16.9. The first kappa shape index (κ1) is 21.9. The van der Waals surface area contributed by atoms with Crippen molar-refractivity contribution in [2.24, 2.45) is 0 Å². The van der Waals surface area contributed by atoms with E-state index in [1.807, 2.05) is 37.3 Å². The second kappa shape index (κ2) is 10.3. The number of nitrogens with zero attached hydrogens (tertiary/aromatic N) is 1. The fourth-order valence-electron chi connectivity index (χ4n) is 2.99. The lowest BCUT2D eigenvalue weighted by Gasteiger charge is -2.21. The zero-order chi connectivity index (χ0) is 21.4. The number of carboxylic acid groups (broad SMARTS) is 1. The van der Waals surface area contributed by atoms with Gasteiger partial charge in [0.25, 0.3) is 5.91 Å². The van der Waals surface area contributed by atoms with E-state index in [4.69, 9.17) is 9.84 Å². The van der Waals surface area contributed by atoms with Crippen LogP contribution in [-0.4, -0.2) is 47.5 Å². The Hall–Kier alpha value is -3.35. The molecule has 7 heteroatoms. The fraction of sp³-hybridized carbons (Fsp3) is 0.318. The quantitative estimate of drug-likeness (QED) is 0.677. The van der Waals surface area contributed by atoms with Gasteiger partial charge in [-0.1, -0.05) is 30.3 Å². The van der Waals surface area contributed by atoms with Crippen LogP contribution in [0.2, 0.25) is 0 Å². The van der Waals surface area contributed by atoms with Crippen LogP contribution in [-0.2, 0) is 16.1 Å². The van der Waals surface area contributed by atoms with Crippen molar-refractivity contribution in [3.63, 3.8) is 0 Å². The van der Waals surface area contributed by atoms with E-state index in [1.165, 1.54) is 0 Å². The maximum Gasteiger partial charge on any atom is 0.341 e. The van der Waals surface area contributed by atoms with E-state index in [1.54, 1.807) is 30.9 Å². The predicted molar refractivity (Wildman–Crippen MR) is 109 cm³/mol. The molecule has 0 saturated carbocycles. The number of carbonyl (C=O) groups excluding carboxylic acids is 2. The summed E-state index contributed by atoms with van der Waals surface area (Å²) in [6.07, 6.45) is 0. The molecule has 0 aromatic heterocycles. The number of amides is 2. The number of likely N-dealkylation sites (N-methyl/N-ethyl adjacent to an activating group) is 1. The summed E-state index contributed by atoms with van der Waals surface area (Å²) >= 11 is 0. The van der Waals surface area contributed by atoms with Crippen molar-refractivity contribution in [1.82, 2.24) is 10.2 Å². The average molecular weight is 398 g/mol. The van der Waals surface area contributed by atoms with Crippen molar-refractivity contribution in [1.29, 1.82) is 0 Å². The molecular formula is C22H26N2O5. The topological polar surface area (TPSA) is 95.9 Å².